The predicted octanol–water partition coefficient (Wildman–Crippen LogP) is 3.97. The molecular weight excluding hydrogens is 344 g/mol. The number of urea groups is 1. The molecule has 2 fully saturated rings. The van der Waals surface area contributed by atoms with Crippen LogP contribution in [0.4, 0.5) is 10.5 Å². The van der Waals surface area contributed by atoms with Crippen molar-refractivity contribution in [3.8, 4) is 11.5 Å². The summed E-state index contributed by atoms with van der Waals surface area (Å²) >= 11 is 0. The van der Waals surface area contributed by atoms with Gasteiger partial charge in [-0.2, -0.15) is 0 Å². The van der Waals surface area contributed by atoms with Crippen LogP contribution in [-0.4, -0.2) is 34.5 Å². The maximum absolute atomic E-state index is 12.5. The fourth-order valence-corrected chi connectivity index (χ4v) is 4.13. The SMILES string of the molecule is Cc1nnc(-c2ccc(C)c(NC(=O)N[C@H]3COC4(CCCCC4)C3)c2)o1. The number of aromatic nitrogens is 2. The number of nitrogens with one attached hydrogen (secondary N) is 2. The second-order valence-corrected chi connectivity index (χ2v) is 7.71. The molecule has 1 atom stereocenters. The number of rotatable bonds is 3. The van der Waals surface area contributed by atoms with Gasteiger partial charge in [-0.1, -0.05) is 25.3 Å². The number of carbonyl (C=O) groups excluding carboxylic acids is 1. The number of aryl methyl sites for hydroxylation is 2. The highest BCUT2D eigenvalue weighted by Crippen LogP contribution is 2.39. The molecule has 1 aromatic carbocycles. The van der Waals surface area contributed by atoms with Gasteiger partial charge in [0.05, 0.1) is 18.2 Å². The molecule has 1 saturated carbocycles. The molecule has 1 saturated heterocycles. The molecule has 7 nitrogen and oxygen atoms in total. The van der Waals surface area contributed by atoms with Gasteiger partial charge in [0, 0.05) is 18.2 Å². The zero-order valence-corrected chi connectivity index (χ0v) is 15.9. The first-order valence-electron chi connectivity index (χ1n) is 9.66. The van der Waals surface area contributed by atoms with Crippen LogP contribution in [0.15, 0.2) is 22.6 Å². The zero-order valence-electron chi connectivity index (χ0n) is 15.9. The Morgan fingerprint density at radius 3 is 2.74 bits per heavy atom. The molecule has 7 heteroatoms. The average Bonchev–Trinajstić information content (AvgIpc) is 3.24. The van der Waals surface area contributed by atoms with E-state index in [2.05, 4.69) is 20.8 Å². The number of benzene rings is 1. The molecule has 0 radical (unpaired) electrons. The van der Waals surface area contributed by atoms with E-state index in [4.69, 9.17) is 9.15 Å². The highest BCUT2D eigenvalue weighted by molar-refractivity contribution is 5.91. The van der Waals surface area contributed by atoms with Crippen molar-refractivity contribution in [2.24, 2.45) is 0 Å². The first-order valence-corrected chi connectivity index (χ1v) is 9.66. The van der Waals surface area contributed by atoms with E-state index in [9.17, 15) is 4.79 Å². The highest BCUT2D eigenvalue weighted by Gasteiger charge is 2.41. The minimum atomic E-state index is -0.210. The van der Waals surface area contributed by atoms with E-state index < -0.39 is 0 Å². The molecule has 2 amide bonds. The van der Waals surface area contributed by atoms with E-state index in [1.165, 1.54) is 19.3 Å². The standard InChI is InChI=1S/C20H26N4O3/c1-13-6-7-15(18-24-23-14(2)27-18)10-17(13)22-19(25)21-16-11-20(26-12-16)8-4-3-5-9-20/h6-7,10,16H,3-5,8-9,11-12H2,1-2H3,(H2,21,22,25)/t16-/m1/s1. The normalized spacial score (nSPS) is 21.3. The summed E-state index contributed by atoms with van der Waals surface area (Å²) in [5.41, 5.74) is 2.47. The third-order valence-corrected chi connectivity index (χ3v) is 5.57. The van der Waals surface area contributed by atoms with Crippen LogP contribution in [0, 0.1) is 13.8 Å². The Morgan fingerprint density at radius 2 is 2.00 bits per heavy atom. The van der Waals surface area contributed by atoms with Crippen molar-refractivity contribution >= 4 is 11.7 Å². The Morgan fingerprint density at radius 1 is 1.19 bits per heavy atom. The maximum Gasteiger partial charge on any atom is 0.319 e. The van der Waals surface area contributed by atoms with Crippen molar-refractivity contribution < 1.29 is 13.9 Å². The Bertz CT molecular complexity index is 826. The Balaban J connectivity index is 1.39. The molecule has 0 bridgehead atoms. The Hall–Kier alpha value is -2.41. The molecule has 2 N–H and O–H groups in total. The van der Waals surface area contributed by atoms with Crippen LogP contribution in [0.2, 0.25) is 0 Å². The van der Waals surface area contributed by atoms with Gasteiger partial charge < -0.3 is 19.8 Å². The average molecular weight is 370 g/mol. The summed E-state index contributed by atoms with van der Waals surface area (Å²) in [6.07, 6.45) is 6.86. The predicted molar refractivity (Wildman–Crippen MR) is 102 cm³/mol. The molecule has 4 rings (SSSR count). The molecule has 27 heavy (non-hydrogen) atoms. The van der Waals surface area contributed by atoms with Crippen molar-refractivity contribution in [1.29, 1.82) is 0 Å². The third-order valence-electron chi connectivity index (χ3n) is 5.57. The monoisotopic (exact) mass is 370 g/mol. The minimum absolute atomic E-state index is 0.0121. The fourth-order valence-electron chi connectivity index (χ4n) is 4.13. The van der Waals surface area contributed by atoms with Crippen LogP contribution in [0.5, 0.6) is 0 Å². The molecule has 1 aromatic heterocycles. The number of anilines is 1. The van der Waals surface area contributed by atoms with Gasteiger partial charge in [0.25, 0.3) is 0 Å². The summed E-state index contributed by atoms with van der Waals surface area (Å²) in [5, 5.41) is 13.9. The van der Waals surface area contributed by atoms with Gasteiger partial charge in [-0.25, -0.2) is 4.79 Å². The summed E-state index contributed by atoms with van der Waals surface area (Å²) in [4.78, 5) is 12.5. The topological polar surface area (TPSA) is 89.3 Å². The molecule has 2 aliphatic rings. The van der Waals surface area contributed by atoms with Gasteiger partial charge in [0.15, 0.2) is 0 Å². The first kappa shape index (κ1) is 18.0. The Labute approximate surface area is 158 Å². The van der Waals surface area contributed by atoms with Gasteiger partial charge in [0.1, 0.15) is 0 Å². The summed E-state index contributed by atoms with van der Waals surface area (Å²) in [7, 11) is 0. The highest BCUT2D eigenvalue weighted by atomic mass is 16.5. The molecule has 0 unspecified atom stereocenters. The molecule has 1 aliphatic carbocycles. The van der Waals surface area contributed by atoms with Crippen LogP contribution in [0.1, 0.15) is 50.0 Å². The van der Waals surface area contributed by atoms with E-state index in [0.29, 0.717) is 18.4 Å². The van der Waals surface area contributed by atoms with E-state index in [1.807, 2.05) is 25.1 Å². The second-order valence-electron chi connectivity index (χ2n) is 7.71. The summed E-state index contributed by atoms with van der Waals surface area (Å²) in [6, 6.07) is 5.54. The lowest BCUT2D eigenvalue weighted by Crippen LogP contribution is -2.39. The van der Waals surface area contributed by atoms with Crippen LogP contribution in [0.25, 0.3) is 11.5 Å². The largest absolute Gasteiger partial charge is 0.421 e. The van der Waals surface area contributed by atoms with Gasteiger partial charge in [-0.3, -0.25) is 0 Å². The molecule has 1 aliphatic heterocycles. The van der Waals surface area contributed by atoms with Crippen LogP contribution in [0.3, 0.4) is 0 Å². The number of carbonyl (C=O) groups is 1. The van der Waals surface area contributed by atoms with Crippen molar-refractivity contribution in [1.82, 2.24) is 15.5 Å². The lowest BCUT2D eigenvalue weighted by Gasteiger charge is -2.32. The van der Waals surface area contributed by atoms with Crippen LogP contribution in [-0.2, 0) is 4.74 Å². The fraction of sp³-hybridized carbons (Fsp3) is 0.550. The lowest BCUT2D eigenvalue weighted by molar-refractivity contribution is -0.0245. The molecule has 144 valence electrons. The van der Waals surface area contributed by atoms with Gasteiger partial charge in [-0.15, -0.1) is 10.2 Å². The van der Waals surface area contributed by atoms with Crippen LogP contribution < -0.4 is 10.6 Å². The molecular formula is C20H26N4O3. The van der Waals surface area contributed by atoms with Gasteiger partial charge in [0.2, 0.25) is 11.8 Å². The maximum atomic E-state index is 12.5. The molecule has 1 spiro atoms. The van der Waals surface area contributed by atoms with Crippen molar-refractivity contribution in [3.05, 3.63) is 29.7 Å². The third kappa shape index (κ3) is 3.98. The summed E-state index contributed by atoms with van der Waals surface area (Å²) < 4.78 is 11.6. The number of ether oxygens (including phenoxy) is 1. The van der Waals surface area contributed by atoms with E-state index in [-0.39, 0.29) is 17.7 Å². The van der Waals surface area contributed by atoms with E-state index >= 15 is 0 Å². The first-order chi connectivity index (χ1) is 13.0. The van der Waals surface area contributed by atoms with Crippen LogP contribution >= 0.6 is 0 Å². The van der Waals surface area contributed by atoms with Crippen molar-refractivity contribution in [3.63, 3.8) is 0 Å². The lowest BCUT2D eigenvalue weighted by atomic mass is 9.82. The quantitative estimate of drug-likeness (QED) is 0.853. The van der Waals surface area contributed by atoms with Crippen molar-refractivity contribution in [2.75, 3.05) is 11.9 Å². The second kappa shape index (κ2) is 7.31. The summed E-state index contributed by atoms with van der Waals surface area (Å²) in [6.45, 7) is 4.29. The Kier molecular flexibility index (Phi) is 4.86. The zero-order chi connectivity index (χ0) is 18.9. The number of amides is 2. The van der Waals surface area contributed by atoms with Gasteiger partial charge >= 0.3 is 6.03 Å². The van der Waals surface area contributed by atoms with Crippen molar-refractivity contribution in [2.45, 2.75) is 64.0 Å². The number of nitrogens with zero attached hydrogens (tertiary/aromatic N) is 2. The molecule has 2 heterocycles. The van der Waals surface area contributed by atoms with E-state index in [0.717, 1.165) is 36.1 Å². The number of hydrogen-bond donors (Lipinski definition) is 2. The minimum Gasteiger partial charge on any atom is -0.421 e. The molecule has 2 aromatic rings. The summed E-state index contributed by atoms with van der Waals surface area (Å²) in [5.74, 6) is 0.954. The van der Waals surface area contributed by atoms with E-state index in [1.54, 1.807) is 6.92 Å². The van der Waals surface area contributed by atoms with Gasteiger partial charge in [-0.05, 0) is 43.9 Å². The number of hydrogen-bond acceptors (Lipinski definition) is 5. The smallest absolute Gasteiger partial charge is 0.319 e.